The van der Waals surface area contributed by atoms with E-state index in [9.17, 15) is 14.7 Å². The number of nitrogens with zero attached hydrogens (tertiary/aromatic N) is 2. The van der Waals surface area contributed by atoms with Gasteiger partial charge in [-0.05, 0) is 65.9 Å². The monoisotopic (exact) mass is 484 g/mol. The molecule has 1 aliphatic heterocycles. The minimum absolute atomic E-state index is 0.0749. The van der Waals surface area contributed by atoms with Gasteiger partial charge in [-0.3, -0.25) is 14.5 Å². The Kier molecular flexibility index (Phi) is 6.88. The predicted octanol–water partition coefficient (Wildman–Crippen LogP) is 5.82. The summed E-state index contributed by atoms with van der Waals surface area (Å²) in [4.78, 5) is 30.3. The lowest BCUT2D eigenvalue weighted by Crippen LogP contribution is -2.29. The lowest BCUT2D eigenvalue weighted by Gasteiger charge is -2.26. The number of hydrogen-bond donors (Lipinski definition) is 1. The Balaban J connectivity index is 1.94. The van der Waals surface area contributed by atoms with Gasteiger partial charge in [-0.2, -0.15) is 0 Å². The third kappa shape index (κ3) is 4.35. The number of carbonyl (C=O) groups is 2. The van der Waals surface area contributed by atoms with E-state index in [4.69, 9.17) is 4.74 Å². The van der Waals surface area contributed by atoms with Crippen molar-refractivity contribution in [2.24, 2.45) is 0 Å². The molecule has 186 valence electrons. The van der Waals surface area contributed by atoms with Gasteiger partial charge in [0.2, 0.25) is 0 Å². The fourth-order valence-corrected chi connectivity index (χ4v) is 4.69. The van der Waals surface area contributed by atoms with Crippen molar-refractivity contribution in [2.45, 2.75) is 32.7 Å². The molecule has 6 nitrogen and oxygen atoms in total. The normalized spacial score (nSPS) is 17.1. The highest BCUT2D eigenvalue weighted by Crippen LogP contribution is 2.43. The van der Waals surface area contributed by atoms with Crippen molar-refractivity contribution >= 4 is 28.8 Å². The molecule has 1 fully saturated rings. The van der Waals surface area contributed by atoms with Crippen LogP contribution in [0.2, 0.25) is 0 Å². The van der Waals surface area contributed by atoms with E-state index < -0.39 is 17.7 Å². The third-order valence-electron chi connectivity index (χ3n) is 6.66. The second-order valence-electron chi connectivity index (χ2n) is 9.55. The molecule has 1 aliphatic rings. The first-order chi connectivity index (χ1) is 17.1. The van der Waals surface area contributed by atoms with Crippen molar-refractivity contribution in [1.82, 2.24) is 0 Å². The molecule has 3 aromatic carbocycles. The van der Waals surface area contributed by atoms with Gasteiger partial charge in [0.05, 0.1) is 18.7 Å². The molecule has 6 heteroatoms. The molecule has 1 heterocycles. The van der Waals surface area contributed by atoms with Crippen molar-refractivity contribution in [2.75, 3.05) is 31.0 Å². The van der Waals surface area contributed by atoms with Gasteiger partial charge in [0.15, 0.2) is 0 Å². The van der Waals surface area contributed by atoms with Crippen LogP contribution >= 0.6 is 0 Å². The molecule has 4 rings (SSSR count). The summed E-state index contributed by atoms with van der Waals surface area (Å²) in [6.07, 6.45) is 0. The van der Waals surface area contributed by atoms with E-state index in [0.717, 1.165) is 28.1 Å². The van der Waals surface area contributed by atoms with Crippen LogP contribution in [0.4, 0.5) is 11.4 Å². The number of amides is 1. The number of hydrogen-bond acceptors (Lipinski definition) is 5. The van der Waals surface area contributed by atoms with Gasteiger partial charge in [-0.15, -0.1) is 0 Å². The first kappa shape index (κ1) is 25.0. The quantitative estimate of drug-likeness (QED) is 0.271. The molecule has 0 aliphatic carbocycles. The van der Waals surface area contributed by atoms with Crippen molar-refractivity contribution in [3.8, 4) is 5.75 Å². The predicted molar refractivity (Wildman–Crippen MR) is 144 cm³/mol. The first-order valence-corrected chi connectivity index (χ1v) is 12.0. The number of aryl methyl sites for hydroxylation is 1. The zero-order valence-electron chi connectivity index (χ0n) is 21.6. The fourth-order valence-electron chi connectivity index (χ4n) is 4.69. The van der Waals surface area contributed by atoms with Crippen molar-refractivity contribution in [1.29, 1.82) is 0 Å². The zero-order chi connectivity index (χ0) is 26.1. The van der Waals surface area contributed by atoms with Gasteiger partial charge >= 0.3 is 0 Å². The maximum atomic E-state index is 13.5. The molecule has 0 radical (unpaired) electrons. The van der Waals surface area contributed by atoms with Crippen LogP contribution in [0, 0.1) is 6.92 Å². The maximum Gasteiger partial charge on any atom is 0.300 e. The molecule has 36 heavy (non-hydrogen) atoms. The van der Waals surface area contributed by atoms with Crippen LogP contribution in [0.1, 0.15) is 48.1 Å². The summed E-state index contributed by atoms with van der Waals surface area (Å²) in [5.41, 5.74) is 4.56. The summed E-state index contributed by atoms with van der Waals surface area (Å²) in [7, 11) is 5.49. The fraction of sp³-hybridized carbons (Fsp3) is 0.267. The Morgan fingerprint density at radius 1 is 1.00 bits per heavy atom. The van der Waals surface area contributed by atoms with E-state index in [-0.39, 0.29) is 17.3 Å². The number of aliphatic hydroxyl groups excluding tert-OH is 1. The van der Waals surface area contributed by atoms with Crippen molar-refractivity contribution < 1.29 is 19.4 Å². The van der Waals surface area contributed by atoms with Crippen LogP contribution in [-0.4, -0.2) is 38.0 Å². The smallest absolute Gasteiger partial charge is 0.300 e. The summed E-state index contributed by atoms with van der Waals surface area (Å²) in [6, 6.07) is 19.7. The van der Waals surface area contributed by atoms with Crippen LogP contribution in [0.5, 0.6) is 5.75 Å². The summed E-state index contributed by atoms with van der Waals surface area (Å²) in [5.74, 6) is -0.705. The maximum absolute atomic E-state index is 13.5. The number of rotatable bonds is 6. The summed E-state index contributed by atoms with van der Waals surface area (Å²) in [6.45, 7) is 5.93. The van der Waals surface area contributed by atoms with E-state index in [0.29, 0.717) is 11.3 Å². The van der Waals surface area contributed by atoms with Crippen LogP contribution in [0.25, 0.3) is 5.76 Å². The van der Waals surface area contributed by atoms with E-state index in [1.165, 1.54) is 4.90 Å². The average molecular weight is 485 g/mol. The van der Waals surface area contributed by atoms with Crippen LogP contribution in [-0.2, 0) is 9.59 Å². The standard InChI is InChI=1S/C30H32N2O4/c1-18(2)23-17-24(19(3)16-25(23)36-6)28(33)26-27(20-10-8-7-9-11-20)32(30(35)29(26)34)22-14-12-21(13-15-22)31(4)5/h7-18,27,33H,1-6H3/b28-26+. The summed E-state index contributed by atoms with van der Waals surface area (Å²) in [5, 5.41) is 11.6. The van der Waals surface area contributed by atoms with Gasteiger partial charge in [-0.25, -0.2) is 0 Å². The number of aliphatic hydroxyl groups is 1. The highest BCUT2D eigenvalue weighted by molar-refractivity contribution is 6.51. The molecule has 1 atom stereocenters. The Morgan fingerprint density at radius 3 is 2.19 bits per heavy atom. The average Bonchev–Trinajstić information content (AvgIpc) is 3.14. The number of carbonyl (C=O) groups excluding carboxylic acids is 2. The van der Waals surface area contributed by atoms with Gasteiger partial charge in [0.25, 0.3) is 11.7 Å². The molecule has 1 saturated heterocycles. The molecular formula is C30H32N2O4. The number of benzene rings is 3. The lowest BCUT2D eigenvalue weighted by atomic mass is 9.91. The molecule has 1 unspecified atom stereocenters. The molecule has 0 bridgehead atoms. The van der Waals surface area contributed by atoms with E-state index in [1.807, 2.05) is 106 Å². The minimum atomic E-state index is -0.764. The van der Waals surface area contributed by atoms with Crippen LogP contribution in [0.3, 0.4) is 0 Å². The van der Waals surface area contributed by atoms with E-state index in [2.05, 4.69) is 0 Å². The Hall–Kier alpha value is -4.06. The van der Waals surface area contributed by atoms with Gasteiger partial charge in [-0.1, -0.05) is 44.2 Å². The number of Topliss-reactive ketones (excluding diaryl/α,β-unsaturated/α-hetero) is 1. The van der Waals surface area contributed by atoms with Crippen molar-refractivity contribution in [3.05, 3.63) is 94.6 Å². The number of ether oxygens (including phenoxy) is 1. The van der Waals surface area contributed by atoms with Gasteiger partial charge in [0.1, 0.15) is 11.5 Å². The molecule has 1 N–H and O–H groups in total. The van der Waals surface area contributed by atoms with E-state index >= 15 is 0 Å². The molecule has 0 spiro atoms. The topological polar surface area (TPSA) is 70.1 Å². The number of ketones is 1. The Morgan fingerprint density at radius 2 is 1.64 bits per heavy atom. The Bertz CT molecular complexity index is 1330. The molecule has 1 amide bonds. The summed E-state index contributed by atoms with van der Waals surface area (Å²) >= 11 is 0. The van der Waals surface area contributed by atoms with Gasteiger partial charge < -0.3 is 14.7 Å². The zero-order valence-corrected chi connectivity index (χ0v) is 21.6. The SMILES string of the molecule is COc1cc(C)c(/C(O)=C2\C(=O)C(=O)N(c3ccc(N(C)C)cc3)C2c2ccccc2)cc1C(C)C. The first-order valence-electron chi connectivity index (χ1n) is 12.0. The Labute approximate surface area is 212 Å². The highest BCUT2D eigenvalue weighted by atomic mass is 16.5. The third-order valence-corrected chi connectivity index (χ3v) is 6.66. The second-order valence-corrected chi connectivity index (χ2v) is 9.55. The number of methoxy groups -OCH3 is 1. The molecule has 0 aromatic heterocycles. The molecule has 0 saturated carbocycles. The van der Waals surface area contributed by atoms with Crippen LogP contribution in [0.15, 0.2) is 72.3 Å². The minimum Gasteiger partial charge on any atom is -0.507 e. The van der Waals surface area contributed by atoms with Crippen LogP contribution < -0.4 is 14.5 Å². The molecule has 3 aromatic rings. The van der Waals surface area contributed by atoms with Gasteiger partial charge in [0, 0.05) is 31.0 Å². The number of anilines is 2. The lowest BCUT2D eigenvalue weighted by molar-refractivity contribution is -0.132. The molecular weight excluding hydrogens is 452 g/mol. The summed E-state index contributed by atoms with van der Waals surface area (Å²) < 4.78 is 5.55. The van der Waals surface area contributed by atoms with E-state index in [1.54, 1.807) is 7.11 Å². The second kappa shape index (κ2) is 9.90. The highest BCUT2D eigenvalue weighted by Gasteiger charge is 2.47. The largest absolute Gasteiger partial charge is 0.507 e. The van der Waals surface area contributed by atoms with Crippen molar-refractivity contribution in [3.63, 3.8) is 0 Å².